The zero-order valence-electron chi connectivity index (χ0n) is 23.3. The summed E-state index contributed by atoms with van der Waals surface area (Å²) in [6.07, 6.45) is 0. The molecule has 0 bridgehead atoms. The fraction of sp³-hybridized carbons (Fsp3) is 0.0968. The van der Waals surface area contributed by atoms with Crippen molar-refractivity contribution in [3.05, 3.63) is 122 Å². The van der Waals surface area contributed by atoms with Crippen LogP contribution in [0.5, 0.6) is 23.3 Å². The maximum Gasteiger partial charge on any atom is 0.345 e. The van der Waals surface area contributed by atoms with Crippen LogP contribution in [0.25, 0.3) is 0 Å². The summed E-state index contributed by atoms with van der Waals surface area (Å²) in [6, 6.07) is 18.7. The van der Waals surface area contributed by atoms with E-state index < -0.39 is 17.7 Å². The monoisotopic (exact) mass is 650 g/mol. The highest BCUT2D eigenvalue weighted by Crippen LogP contribution is 2.33. The first kappa shape index (κ1) is 30.7. The molecular weight excluding hydrogens is 631 g/mol. The van der Waals surface area contributed by atoms with Crippen molar-refractivity contribution in [2.24, 2.45) is 7.05 Å². The molecule has 0 amide bonds. The number of aromatic nitrogens is 4. The quantitative estimate of drug-likeness (QED) is 0.126. The van der Waals surface area contributed by atoms with E-state index in [1.165, 1.54) is 48.1 Å². The number of ketones is 1. The van der Waals surface area contributed by atoms with E-state index >= 15 is 0 Å². The highest BCUT2D eigenvalue weighted by molar-refractivity contribution is 6.37. The number of esters is 2. The van der Waals surface area contributed by atoms with Crippen molar-refractivity contribution in [3.8, 4) is 23.3 Å². The summed E-state index contributed by atoms with van der Waals surface area (Å²) in [4.78, 5) is 40.3. The van der Waals surface area contributed by atoms with Gasteiger partial charge in [-0.1, -0.05) is 65.1 Å². The molecule has 5 aromatic rings. The van der Waals surface area contributed by atoms with Crippen LogP contribution in [0.15, 0.2) is 72.8 Å². The Labute approximate surface area is 266 Å². The van der Waals surface area contributed by atoms with Crippen LogP contribution in [0.1, 0.15) is 47.9 Å². The molecular formula is C31H21Cl3N4O6. The van der Waals surface area contributed by atoms with Gasteiger partial charge in [-0.2, -0.15) is 5.10 Å². The molecule has 2 heterocycles. The predicted molar refractivity (Wildman–Crippen MR) is 162 cm³/mol. The number of carbonyl (C=O) groups excluding carboxylic acids is 3. The van der Waals surface area contributed by atoms with Crippen molar-refractivity contribution in [3.63, 3.8) is 0 Å². The Bertz CT molecular complexity index is 1940. The Morgan fingerprint density at radius 3 is 2.09 bits per heavy atom. The number of ether oxygens (including phenoxy) is 3. The van der Waals surface area contributed by atoms with Gasteiger partial charge in [-0.15, -0.1) is 10.2 Å². The lowest BCUT2D eigenvalue weighted by molar-refractivity contribution is 0.0680. The molecule has 0 atom stereocenters. The maximum absolute atomic E-state index is 13.5. The first-order valence-corrected chi connectivity index (χ1v) is 14.0. The third kappa shape index (κ3) is 6.42. The van der Waals surface area contributed by atoms with Crippen molar-refractivity contribution in [1.82, 2.24) is 20.0 Å². The van der Waals surface area contributed by atoms with Gasteiger partial charge in [-0.3, -0.25) is 4.79 Å². The smallest absolute Gasteiger partial charge is 0.345 e. The summed E-state index contributed by atoms with van der Waals surface area (Å²) in [7, 11) is 1.51. The fourth-order valence-electron chi connectivity index (χ4n) is 4.22. The minimum absolute atomic E-state index is 0.0145. The molecule has 5 rings (SSSR count). The molecule has 0 saturated carbocycles. The van der Waals surface area contributed by atoms with Gasteiger partial charge in [-0.05, 0) is 55.8 Å². The van der Waals surface area contributed by atoms with E-state index in [9.17, 15) is 14.4 Å². The molecule has 0 aliphatic heterocycles. The number of rotatable bonds is 8. The second-order valence-electron chi connectivity index (χ2n) is 9.37. The van der Waals surface area contributed by atoms with Gasteiger partial charge in [0, 0.05) is 23.7 Å². The standard InChI is InChI=1S/C31H21Cl3N4O6/c1-16-8-4-7-11-23(16)42-28-24(15-25(34)35-36-28)43-30(40)19-9-5-6-10-20(19)31(41)44-29-26(17(2)37-38(29)3)27(39)21-13-12-18(32)14-22(21)33/h4-15H,1-3H3. The van der Waals surface area contributed by atoms with Crippen LogP contribution in [0, 0.1) is 13.8 Å². The van der Waals surface area contributed by atoms with Gasteiger partial charge in [0.1, 0.15) is 11.3 Å². The largest absolute Gasteiger partial charge is 0.435 e. The van der Waals surface area contributed by atoms with Gasteiger partial charge in [0.2, 0.25) is 11.7 Å². The molecule has 3 aromatic carbocycles. The molecule has 0 aliphatic carbocycles. The van der Waals surface area contributed by atoms with E-state index in [-0.39, 0.29) is 49.9 Å². The Kier molecular flexibility index (Phi) is 8.96. The number of nitrogens with zero attached hydrogens (tertiary/aromatic N) is 4. The first-order valence-electron chi connectivity index (χ1n) is 12.9. The zero-order chi connectivity index (χ0) is 31.5. The number of aryl methyl sites for hydroxylation is 3. The molecule has 0 N–H and O–H groups in total. The van der Waals surface area contributed by atoms with Crippen molar-refractivity contribution in [2.45, 2.75) is 13.8 Å². The number of halogens is 3. The van der Waals surface area contributed by atoms with Crippen LogP contribution in [-0.2, 0) is 7.05 Å². The van der Waals surface area contributed by atoms with Gasteiger partial charge in [0.05, 0.1) is 21.8 Å². The molecule has 13 heteroatoms. The van der Waals surface area contributed by atoms with Gasteiger partial charge in [0.25, 0.3) is 5.88 Å². The Morgan fingerprint density at radius 1 is 0.750 bits per heavy atom. The zero-order valence-corrected chi connectivity index (χ0v) is 25.6. The lowest BCUT2D eigenvalue weighted by Gasteiger charge is -2.13. The van der Waals surface area contributed by atoms with Crippen molar-refractivity contribution >= 4 is 52.5 Å². The molecule has 0 aliphatic rings. The summed E-state index contributed by atoms with van der Waals surface area (Å²) in [5.74, 6) is -2.34. The van der Waals surface area contributed by atoms with Crippen LogP contribution in [0.4, 0.5) is 0 Å². The average Bonchev–Trinajstić information content (AvgIpc) is 3.26. The van der Waals surface area contributed by atoms with Gasteiger partial charge in [0.15, 0.2) is 10.9 Å². The van der Waals surface area contributed by atoms with Crippen LogP contribution in [0.2, 0.25) is 15.2 Å². The fourth-order valence-corrected chi connectivity index (χ4v) is 4.85. The van der Waals surface area contributed by atoms with Gasteiger partial charge in [-0.25, -0.2) is 14.3 Å². The molecule has 2 aromatic heterocycles. The molecule has 0 radical (unpaired) electrons. The summed E-state index contributed by atoms with van der Waals surface area (Å²) < 4.78 is 18.3. The third-order valence-corrected chi connectivity index (χ3v) is 7.06. The lowest BCUT2D eigenvalue weighted by atomic mass is 10.0. The molecule has 0 fully saturated rings. The number of hydrogen-bond donors (Lipinski definition) is 0. The first-order chi connectivity index (χ1) is 21.0. The minimum Gasteiger partial charge on any atom is -0.435 e. The SMILES string of the molecule is Cc1ccccc1Oc1nnc(Cl)cc1OC(=O)c1ccccc1C(=O)Oc1c(C(=O)c2ccc(Cl)cc2Cl)c(C)nn1C. The number of carbonyl (C=O) groups is 3. The van der Waals surface area contributed by atoms with Gasteiger partial charge < -0.3 is 14.2 Å². The molecule has 0 unspecified atom stereocenters. The summed E-state index contributed by atoms with van der Waals surface area (Å²) in [5, 5.41) is 12.4. The number of para-hydroxylation sites is 1. The molecule has 0 saturated heterocycles. The van der Waals surface area contributed by atoms with Crippen LogP contribution < -0.4 is 14.2 Å². The average molecular weight is 652 g/mol. The summed E-state index contributed by atoms with van der Waals surface area (Å²) in [5.41, 5.74) is 0.967. The molecule has 44 heavy (non-hydrogen) atoms. The lowest BCUT2D eigenvalue weighted by Crippen LogP contribution is -2.19. The topological polar surface area (TPSA) is 122 Å². The van der Waals surface area contributed by atoms with E-state index in [4.69, 9.17) is 49.0 Å². The summed E-state index contributed by atoms with van der Waals surface area (Å²) in [6.45, 7) is 3.42. The Morgan fingerprint density at radius 2 is 1.41 bits per heavy atom. The molecule has 222 valence electrons. The van der Waals surface area contributed by atoms with Crippen molar-refractivity contribution in [2.75, 3.05) is 0 Å². The molecule has 10 nitrogen and oxygen atoms in total. The van der Waals surface area contributed by atoms with Gasteiger partial charge >= 0.3 is 11.9 Å². The van der Waals surface area contributed by atoms with Crippen LogP contribution in [-0.4, -0.2) is 37.7 Å². The van der Waals surface area contributed by atoms with E-state index in [1.54, 1.807) is 31.2 Å². The predicted octanol–water partition coefficient (Wildman–Crippen LogP) is 7.25. The highest BCUT2D eigenvalue weighted by atomic mass is 35.5. The van der Waals surface area contributed by atoms with E-state index in [2.05, 4.69) is 15.3 Å². The van der Waals surface area contributed by atoms with Crippen molar-refractivity contribution in [1.29, 1.82) is 0 Å². The van der Waals surface area contributed by atoms with Crippen LogP contribution in [0.3, 0.4) is 0 Å². The third-order valence-electron chi connectivity index (χ3n) is 6.33. The van der Waals surface area contributed by atoms with Crippen LogP contribution >= 0.6 is 34.8 Å². The second-order valence-corrected chi connectivity index (χ2v) is 10.6. The van der Waals surface area contributed by atoms with E-state index in [0.717, 1.165) is 5.56 Å². The van der Waals surface area contributed by atoms with Crippen molar-refractivity contribution < 1.29 is 28.6 Å². The number of benzene rings is 3. The normalized spacial score (nSPS) is 10.8. The second kappa shape index (κ2) is 12.8. The van der Waals surface area contributed by atoms with E-state index in [1.807, 2.05) is 19.1 Å². The maximum atomic E-state index is 13.5. The Balaban J connectivity index is 1.43. The number of hydrogen-bond acceptors (Lipinski definition) is 9. The van der Waals surface area contributed by atoms with E-state index in [0.29, 0.717) is 16.5 Å². The molecule has 0 spiro atoms. The summed E-state index contributed by atoms with van der Waals surface area (Å²) >= 11 is 18.3. The highest BCUT2D eigenvalue weighted by Gasteiger charge is 2.29. The minimum atomic E-state index is -0.945. The Hall–Kier alpha value is -4.77.